The molecule has 4 rings (SSSR count). The Hall–Kier alpha value is -4.57. The lowest BCUT2D eigenvalue weighted by atomic mass is 10.1. The number of anilines is 2. The van der Waals surface area contributed by atoms with Gasteiger partial charge in [0.2, 0.25) is 5.91 Å². The number of thioether (sulfide) groups is 1. The predicted molar refractivity (Wildman–Crippen MR) is 165 cm³/mol. The van der Waals surface area contributed by atoms with Crippen molar-refractivity contribution in [3.8, 4) is 11.5 Å². The van der Waals surface area contributed by atoms with Crippen LogP contribution in [-0.2, 0) is 14.4 Å². The van der Waals surface area contributed by atoms with Gasteiger partial charge in [0.15, 0.2) is 18.1 Å². The maximum absolute atomic E-state index is 13.0. The van der Waals surface area contributed by atoms with Crippen LogP contribution < -0.4 is 20.1 Å². The lowest BCUT2D eigenvalue weighted by Gasteiger charge is -2.15. The summed E-state index contributed by atoms with van der Waals surface area (Å²) in [5.74, 6) is -0.585. The van der Waals surface area contributed by atoms with Crippen LogP contribution in [0.3, 0.4) is 0 Å². The number of imide groups is 1. The minimum Gasteiger partial charge on any atom is -0.490 e. The van der Waals surface area contributed by atoms with Crippen LogP contribution in [0.15, 0.2) is 59.5 Å². The number of ether oxygens (including phenoxy) is 2. The summed E-state index contributed by atoms with van der Waals surface area (Å²) in [6, 6.07) is 16.3. The lowest BCUT2D eigenvalue weighted by molar-refractivity contribution is -0.127. The second kappa shape index (κ2) is 13.4. The zero-order chi connectivity index (χ0) is 30.4. The molecule has 0 aromatic heterocycles. The van der Waals surface area contributed by atoms with E-state index in [-0.39, 0.29) is 17.4 Å². The summed E-state index contributed by atoms with van der Waals surface area (Å²) >= 11 is 0.765. The highest BCUT2D eigenvalue weighted by atomic mass is 32.2. The number of nitrogens with one attached hydrogen (secondary N) is 2. The molecule has 4 amide bonds. The van der Waals surface area contributed by atoms with Gasteiger partial charge in [-0.15, -0.1) is 0 Å². The highest BCUT2D eigenvalue weighted by molar-refractivity contribution is 8.18. The lowest BCUT2D eigenvalue weighted by Crippen LogP contribution is -2.36. The molecule has 42 heavy (non-hydrogen) atoms. The average Bonchev–Trinajstić information content (AvgIpc) is 3.19. The maximum Gasteiger partial charge on any atom is 0.294 e. The zero-order valence-electron chi connectivity index (χ0n) is 24.2. The van der Waals surface area contributed by atoms with E-state index in [2.05, 4.69) is 10.6 Å². The summed E-state index contributed by atoms with van der Waals surface area (Å²) in [5, 5.41) is 5.10. The normalized spacial score (nSPS) is 13.8. The summed E-state index contributed by atoms with van der Waals surface area (Å²) in [4.78, 5) is 51.9. The van der Waals surface area contributed by atoms with Crippen LogP contribution in [0, 0.1) is 27.7 Å². The Bertz CT molecular complexity index is 1560. The van der Waals surface area contributed by atoms with Gasteiger partial charge in [-0.25, -0.2) is 0 Å². The number of carbonyl (C=O) groups excluding carboxylic acids is 4. The van der Waals surface area contributed by atoms with Gasteiger partial charge in [-0.05, 0) is 105 Å². The summed E-state index contributed by atoms with van der Waals surface area (Å²) in [7, 11) is 0. The van der Waals surface area contributed by atoms with Crippen LogP contribution in [0.4, 0.5) is 16.2 Å². The van der Waals surface area contributed by atoms with Crippen molar-refractivity contribution in [2.45, 2.75) is 34.6 Å². The van der Waals surface area contributed by atoms with Gasteiger partial charge < -0.3 is 20.1 Å². The van der Waals surface area contributed by atoms with Crippen LogP contribution in [0.25, 0.3) is 6.08 Å². The Labute approximate surface area is 249 Å². The number of hydrogen-bond acceptors (Lipinski definition) is 7. The van der Waals surface area contributed by atoms with Crippen LogP contribution in [-0.4, -0.2) is 47.6 Å². The van der Waals surface area contributed by atoms with Gasteiger partial charge in [-0.1, -0.05) is 30.3 Å². The van der Waals surface area contributed by atoms with Crippen molar-refractivity contribution in [3.63, 3.8) is 0 Å². The van der Waals surface area contributed by atoms with E-state index < -0.39 is 23.6 Å². The van der Waals surface area contributed by atoms with Crippen molar-refractivity contribution < 1.29 is 28.7 Å². The molecule has 3 aromatic rings. The summed E-state index contributed by atoms with van der Waals surface area (Å²) in [6.07, 6.45) is 1.56. The molecule has 1 saturated heterocycles. The fourth-order valence-electron chi connectivity index (χ4n) is 4.28. The van der Waals surface area contributed by atoms with E-state index in [0.717, 1.165) is 38.9 Å². The topological polar surface area (TPSA) is 114 Å². The molecule has 0 radical (unpaired) electrons. The van der Waals surface area contributed by atoms with Gasteiger partial charge in [0.1, 0.15) is 6.54 Å². The van der Waals surface area contributed by atoms with Crippen molar-refractivity contribution in [1.29, 1.82) is 0 Å². The Balaban J connectivity index is 1.41. The van der Waals surface area contributed by atoms with Gasteiger partial charge in [0.05, 0.1) is 11.5 Å². The number of amides is 4. The largest absolute Gasteiger partial charge is 0.490 e. The number of carbonyl (C=O) groups is 4. The molecule has 1 heterocycles. The van der Waals surface area contributed by atoms with Crippen molar-refractivity contribution in [2.75, 3.05) is 30.4 Å². The first-order valence-corrected chi connectivity index (χ1v) is 14.3. The van der Waals surface area contributed by atoms with Gasteiger partial charge in [-0.2, -0.15) is 0 Å². The second-order valence-electron chi connectivity index (χ2n) is 9.86. The molecular formula is C32H33N3O6S. The first kappa shape index (κ1) is 30.4. The first-order chi connectivity index (χ1) is 20.0. The zero-order valence-corrected chi connectivity index (χ0v) is 25.0. The summed E-state index contributed by atoms with van der Waals surface area (Å²) in [5.41, 5.74) is 5.92. The van der Waals surface area contributed by atoms with E-state index in [1.54, 1.807) is 24.3 Å². The molecule has 1 aliphatic heterocycles. The molecule has 0 aliphatic carbocycles. The SMILES string of the molecule is CCOc1cc(/C=C2/SC(=O)N(CC(=O)Nc3c(C)cccc3C)C2=O)ccc1OCC(=O)Nc1ccc(C)c(C)c1. The molecule has 0 unspecified atom stereocenters. The molecule has 0 atom stereocenters. The van der Waals surface area contributed by atoms with E-state index in [9.17, 15) is 19.2 Å². The third-order valence-electron chi connectivity index (χ3n) is 6.64. The number of rotatable bonds is 10. The van der Waals surface area contributed by atoms with Gasteiger partial charge in [0, 0.05) is 11.4 Å². The molecule has 2 N–H and O–H groups in total. The van der Waals surface area contributed by atoms with Gasteiger partial charge in [-0.3, -0.25) is 24.1 Å². The van der Waals surface area contributed by atoms with Crippen LogP contribution in [0.5, 0.6) is 11.5 Å². The molecule has 1 aliphatic rings. The number of nitrogens with zero attached hydrogens (tertiary/aromatic N) is 1. The Kier molecular flexibility index (Phi) is 9.69. The van der Waals surface area contributed by atoms with Crippen molar-refractivity contribution >= 4 is 52.2 Å². The molecule has 1 fully saturated rings. The second-order valence-corrected chi connectivity index (χ2v) is 10.9. The Morgan fingerprint density at radius 3 is 2.26 bits per heavy atom. The standard InChI is InChI=1S/C32H33N3O6S/c1-6-40-26-15-23(11-13-25(26)41-18-29(37)33-24-12-10-19(2)22(5)14-24)16-27-31(38)35(32(39)42-27)17-28(36)34-30-20(3)8-7-9-21(30)4/h7-16H,6,17-18H2,1-5H3,(H,33,37)(H,34,36)/b27-16+. The third kappa shape index (κ3) is 7.38. The quantitative estimate of drug-likeness (QED) is 0.279. The minimum absolute atomic E-state index is 0.184. The Morgan fingerprint density at radius 1 is 0.833 bits per heavy atom. The van der Waals surface area contributed by atoms with E-state index in [1.807, 2.05) is 71.0 Å². The molecule has 10 heteroatoms. The van der Waals surface area contributed by atoms with Crippen LogP contribution in [0.2, 0.25) is 0 Å². The summed E-state index contributed by atoms with van der Waals surface area (Å²) in [6.45, 7) is 9.27. The third-order valence-corrected chi connectivity index (χ3v) is 7.54. The predicted octanol–water partition coefficient (Wildman–Crippen LogP) is 6.01. The number of benzene rings is 3. The number of aryl methyl sites for hydroxylation is 4. The Morgan fingerprint density at radius 2 is 1.57 bits per heavy atom. The molecule has 0 bridgehead atoms. The molecule has 218 valence electrons. The van der Waals surface area contributed by atoms with E-state index >= 15 is 0 Å². The van der Waals surface area contributed by atoms with Crippen LogP contribution in [0.1, 0.15) is 34.7 Å². The van der Waals surface area contributed by atoms with E-state index in [1.165, 1.54) is 0 Å². The first-order valence-electron chi connectivity index (χ1n) is 13.4. The molecule has 3 aromatic carbocycles. The number of hydrogen-bond donors (Lipinski definition) is 2. The van der Waals surface area contributed by atoms with Gasteiger partial charge >= 0.3 is 0 Å². The molecular weight excluding hydrogens is 554 g/mol. The summed E-state index contributed by atoms with van der Waals surface area (Å²) < 4.78 is 11.4. The van der Waals surface area contributed by atoms with Gasteiger partial charge in [0.25, 0.3) is 17.1 Å². The van der Waals surface area contributed by atoms with Crippen LogP contribution >= 0.6 is 11.8 Å². The highest BCUT2D eigenvalue weighted by Gasteiger charge is 2.36. The number of para-hydroxylation sites is 1. The fraction of sp³-hybridized carbons (Fsp3) is 0.250. The van der Waals surface area contributed by atoms with E-state index in [4.69, 9.17) is 9.47 Å². The monoisotopic (exact) mass is 587 g/mol. The molecule has 0 spiro atoms. The fourth-order valence-corrected chi connectivity index (χ4v) is 5.12. The maximum atomic E-state index is 13.0. The van der Waals surface area contributed by atoms with E-state index in [0.29, 0.717) is 35.0 Å². The molecule has 9 nitrogen and oxygen atoms in total. The average molecular weight is 588 g/mol. The smallest absolute Gasteiger partial charge is 0.294 e. The molecule has 0 saturated carbocycles. The van der Waals surface area contributed by atoms with Crippen molar-refractivity contribution in [3.05, 3.63) is 87.3 Å². The van der Waals surface area contributed by atoms with Crippen molar-refractivity contribution in [1.82, 2.24) is 4.90 Å². The minimum atomic E-state index is -0.553. The van der Waals surface area contributed by atoms with Crippen molar-refractivity contribution in [2.24, 2.45) is 0 Å². The highest BCUT2D eigenvalue weighted by Crippen LogP contribution is 2.35.